The third-order valence-corrected chi connectivity index (χ3v) is 4.84. The third-order valence-electron chi connectivity index (χ3n) is 4.84. The molecule has 0 N–H and O–H groups in total. The van der Waals surface area contributed by atoms with E-state index < -0.39 is 16.3 Å². The molecule has 3 aromatic carbocycles. The number of rotatable bonds is 5. The van der Waals surface area contributed by atoms with Crippen molar-refractivity contribution in [2.24, 2.45) is 0 Å². The molecule has 0 bridgehead atoms. The van der Waals surface area contributed by atoms with Crippen LogP contribution in [0.1, 0.15) is 22.8 Å². The quantitative estimate of drug-likeness (QED) is 0.254. The van der Waals surface area contributed by atoms with Gasteiger partial charge in [-0.3, -0.25) is 14.9 Å². The molecule has 0 amide bonds. The third kappa shape index (κ3) is 3.93. The van der Waals surface area contributed by atoms with Crippen molar-refractivity contribution < 1.29 is 18.9 Å². The van der Waals surface area contributed by atoms with Gasteiger partial charge >= 0.3 is 5.97 Å². The molecule has 0 aliphatic carbocycles. The summed E-state index contributed by atoms with van der Waals surface area (Å²) in [7, 11) is 0. The summed E-state index contributed by atoms with van der Waals surface area (Å²) in [6, 6.07) is 19.2. The van der Waals surface area contributed by atoms with Gasteiger partial charge in [0.1, 0.15) is 5.58 Å². The summed E-state index contributed by atoms with van der Waals surface area (Å²) in [5.74, 6) is -1.04. The zero-order valence-electron chi connectivity index (χ0n) is 16.5. The SMILES string of the molecule is CCc1ccc2oc(-c3ccccc3)c(OC(=O)c3cccc([N+](=O)[O-])c3)c(=O)c2c1. The molecule has 154 valence electrons. The predicted molar refractivity (Wildman–Crippen MR) is 115 cm³/mol. The number of nitro benzene ring substituents is 1. The van der Waals surface area contributed by atoms with Crippen LogP contribution in [0, 0.1) is 10.1 Å². The highest BCUT2D eigenvalue weighted by Crippen LogP contribution is 2.31. The molecule has 0 atom stereocenters. The molecule has 0 unspecified atom stereocenters. The number of esters is 1. The maximum absolute atomic E-state index is 13.3. The number of ether oxygens (including phenoxy) is 1. The zero-order chi connectivity index (χ0) is 22.0. The first kappa shape index (κ1) is 20.0. The normalized spacial score (nSPS) is 10.7. The summed E-state index contributed by atoms with van der Waals surface area (Å²) in [4.78, 5) is 36.5. The summed E-state index contributed by atoms with van der Waals surface area (Å²) < 4.78 is 11.4. The van der Waals surface area contributed by atoms with Gasteiger partial charge in [-0.1, -0.05) is 49.4 Å². The zero-order valence-corrected chi connectivity index (χ0v) is 16.5. The van der Waals surface area contributed by atoms with Crippen LogP contribution in [0.2, 0.25) is 0 Å². The van der Waals surface area contributed by atoms with Crippen LogP contribution in [-0.4, -0.2) is 10.9 Å². The number of carbonyl (C=O) groups is 1. The van der Waals surface area contributed by atoms with Crippen LogP contribution in [0.3, 0.4) is 0 Å². The molecule has 1 aromatic heterocycles. The number of hydrogen-bond acceptors (Lipinski definition) is 6. The summed E-state index contributed by atoms with van der Waals surface area (Å²) in [6.45, 7) is 1.96. The van der Waals surface area contributed by atoms with Gasteiger partial charge in [0, 0.05) is 17.7 Å². The molecule has 0 saturated carbocycles. The topological polar surface area (TPSA) is 99.7 Å². The first-order valence-corrected chi connectivity index (χ1v) is 9.59. The van der Waals surface area contributed by atoms with Crippen LogP contribution in [0.15, 0.2) is 82.0 Å². The number of nitrogens with zero attached hydrogens (tertiary/aromatic N) is 1. The van der Waals surface area contributed by atoms with Crippen LogP contribution >= 0.6 is 0 Å². The van der Waals surface area contributed by atoms with E-state index in [2.05, 4.69) is 0 Å². The van der Waals surface area contributed by atoms with Crippen LogP contribution in [0.4, 0.5) is 5.69 Å². The van der Waals surface area contributed by atoms with Crippen molar-refractivity contribution in [3.05, 3.63) is 104 Å². The summed E-state index contributed by atoms with van der Waals surface area (Å²) in [6.07, 6.45) is 0.721. The fraction of sp³-hybridized carbons (Fsp3) is 0.0833. The van der Waals surface area contributed by atoms with Crippen molar-refractivity contribution >= 4 is 22.6 Å². The lowest BCUT2D eigenvalue weighted by Gasteiger charge is -2.11. The lowest BCUT2D eigenvalue weighted by molar-refractivity contribution is -0.384. The number of benzene rings is 3. The molecule has 7 heteroatoms. The molecule has 0 radical (unpaired) electrons. The maximum atomic E-state index is 13.3. The lowest BCUT2D eigenvalue weighted by atomic mass is 10.1. The highest BCUT2D eigenvalue weighted by Gasteiger charge is 2.22. The Morgan fingerprint density at radius 2 is 1.81 bits per heavy atom. The van der Waals surface area contributed by atoms with E-state index in [4.69, 9.17) is 9.15 Å². The molecule has 0 aliphatic heterocycles. The fourth-order valence-electron chi connectivity index (χ4n) is 3.22. The minimum atomic E-state index is -0.890. The van der Waals surface area contributed by atoms with Crippen molar-refractivity contribution in [2.45, 2.75) is 13.3 Å². The van der Waals surface area contributed by atoms with Crippen LogP contribution in [0.5, 0.6) is 5.75 Å². The molecular formula is C24H17NO6. The summed E-state index contributed by atoms with van der Waals surface area (Å²) >= 11 is 0. The highest BCUT2D eigenvalue weighted by atomic mass is 16.6. The van der Waals surface area contributed by atoms with Gasteiger partial charge in [0.05, 0.1) is 15.9 Å². The molecule has 1 heterocycles. The Labute approximate surface area is 176 Å². The average molecular weight is 415 g/mol. The number of aryl methyl sites for hydroxylation is 1. The van der Waals surface area contributed by atoms with Crippen molar-refractivity contribution in [3.63, 3.8) is 0 Å². The van der Waals surface area contributed by atoms with Gasteiger partial charge in [0.25, 0.3) is 5.69 Å². The number of nitro groups is 1. The molecule has 0 aliphatic rings. The number of hydrogen-bond donors (Lipinski definition) is 0. The maximum Gasteiger partial charge on any atom is 0.344 e. The molecule has 31 heavy (non-hydrogen) atoms. The summed E-state index contributed by atoms with van der Waals surface area (Å²) in [5, 5.41) is 11.3. The largest absolute Gasteiger partial charge is 0.452 e. The van der Waals surface area contributed by atoms with Crippen molar-refractivity contribution in [3.8, 4) is 17.1 Å². The van der Waals surface area contributed by atoms with Crippen LogP contribution in [-0.2, 0) is 6.42 Å². The number of non-ortho nitro benzene ring substituents is 1. The van der Waals surface area contributed by atoms with Gasteiger partial charge in [0.2, 0.25) is 11.2 Å². The van der Waals surface area contributed by atoms with E-state index in [-0.39, 0.29) is 22.8 Å². The van der Waals surface area contributed by atoms with Gasteiger partial charge in [-0.25, -0.2) is 4.79 Å². The van der Waals surface area contributed by atoms with E-state index in [0.29, 0.717) is 16.5 Å². The second-order valence-corrected chi connectivity index (χ2v) is 6.84. The minimum absolute atomic E-state index is 0.0463. The predicted octanol–water partition coefficient (Wildman–Crippen LogP) is 5.15. The Kier molecular flexibility index (Phi) is 5.32. The molecule has 0 fully saturated rings. The Balaban J connectivity index is 1.87. The van der Waals surface area contributed by atoms with Gasteiger partial charge in [-0.05, 0) is 30.2 Å². The van der Waals surface area contributed by atoms with E-state index in [1.54, 1.807) is 36.4 Å². The van der Waals surface area contributed by atoms with Crippen molar-refractivity contribution in [1.29, 1.82) is 0 Å². The van der Waals surface area contributed by atoms with Gasteiger partial charge in [-0.2, -0.15) is 0 Å². The van der Waals surface area contributed by atoms with E-state index in [0.717, 1.165) is 18.1 Å². The van der Waals surface area contributed by atoms with Gasteiger partial charge in [-0.15, -0.1) is 0 Å². The van der Waals surface area contributed by atoms with Crippen molar-refractivity contribution in [2.75, 3.05) is 0 Å². The van der Waals surface area contributed by atoms with E-state index in [1.165, 1.54) is 18.2 Å². The second-order valence-electron chi connectivity index (χ2n) is 6.84. The van der Waals surface area contributed by atoms with Crippen LogP contribution in [0.25, 0.3) is 22.3 Å². The lowest BCUT2D eigenvalue weighted by Crippen LogP contribution is -2.16. The van der Waals surface area contributed by atoms with E-state index >= 15 is 0 Å². The van der Waals surface area contributed by atoms with E-state index in [9.17, 15) is 19.7 Å². The fourth-order valence-corrected chi connectivity index (χ4v) is 3.22. The monoisotopic (exact) mass is 415 g/mol. The molecule has 0 saturated heterocycles. The van der Waals surface area contributed by atoms with Crippen molar-refractivity contribution in [1.82, 2.24) is 0 Å². The average Bonchev–Trinajstić information content (AvgIpc) is 2.81. The second kappa shape index (κ2) is 8.23. The molecular weight excluding hydrogens is 398 g/mol. The first-order chi connectivity index (χ1) is 15.0. The Morgan fingerprint density at radius 1 is 1.03 bits per heavy atom. The van der Waals surface area contributed by atoms with Gasteiger partial charge in [0.15, 0.2) is 5.76 Å². The Hall–Kier alpha value is -4.26. The minimum Gasteiger partial charge on any atom is -0.452 e. The standard InChI is InChI=1S/C24H17NO6/c1-2-15-11-12-20-19(13-15)21(26)23(22(30-20)16-7-4-3-5-8-16)31-24(27)17-9-6-10-18(14-17)25(28)29/h3-14H,2H2,1H3. The molecule has 4 rings (SSSR count). The Morgan fingerprint density at radius 3 is 2.52 bits per heavy atom. The number of carbonyl (C=O) groups excluding carboxylic acids is 1. The van der Waals surface area contributed by atoms with Crippen LogP contribution < -0.4 is 10.2 Å². The van der Waals surface area contributed by atoms with E-state index in [1.807, 2.05) is 19.1 Å². The Bertz CT molecular complexity index is 1360. The number of fused-ring (bicyclic) bond motifs is 1. The highest BCUT2D eigenvalue weighted by molar-refractivity contribution is 5.93. The summed E-state index contributed by atoms with van der Waals surface area (Å²) in [5.41, 5.74) is 1.07. The smallest absolute Gasteiger partial charge is 0.344 e. The molecule has 4 aromatic rings. The molecule has 7 nitrogen and oxygen atoms in total. The first-order valence-electron chi connectivity index (χ1n) is 9.59. The molecule has 0 spiro atoms. The van der Waals surface area contributed by atoms with Gasteiger partial charge < -0.3 is 9.15 Å².